The number of piperidine rings is 1. The Bertz CT molecular complexity index is 1750. The largest absolute Gasteiger partial charge is 0.481 e. The third kappa shape index (κ3) is 5.66. The van der Waals surface area contributed by atoms with Crippen molar-refractivity contribution in [1.29, 1.82) is 0 Å². The van der Waals surface area contributed by atoms with Crippen molar-refractivity contribution >= 4 is 34.1 Å². The van der Waals surface area contributed by atoms with Crippen LogP contribution in [0.2, 0.25) is 5.02 Å². The Kier molecular flexibility index (Phi) is 8.02. The summed E-state index contributed by atoms with van der Waals surface area (Å²) in [7, 11) is 1.65. The molecule has 0 unspecified atom stereocenters. The molecule has 2 aromatic carbocycles. The van der Waals surface area contributed by atoms with E-state index in [-0.39, 0.29) is 6.10 Å². The first kappa shape index (κ1) is 28.0. The van der Waals surface area contributed by atoms with Crippen molar-refractivity contribution in [3.63, 3.8) is 0 Å². The van der Waals surface area contributed by atoms with Gasteiger partial charge in [-0.15, -0.1) is 0 Å². The molecule has 0 saturated carbocycles. The Balaban J connectivity index is 1.32. The monoisotopic (exact) mass is 580 g/mol. The molecule has 0 radical (unpaired) electrons. The number of methoxy groups -OCH3 is 1. The summed E-state index contributed by atoms with van der Waals surface area (Å²) in [6.07, 6.45) is 3.12. The summed E-state index contributed by atoms with van der Waals surface area (Å²) < 4.78 is 5.70. The van der Waals surface area contributed by atoms with Gasteiger partial charge in [0.25, 0.3) is 0 Å². The molecule has 2 N–H and O–H groups in total. The molecule has 1 aliphatic rings. The van der Waals surface area contributed by atoms with E-state index in [0.29, 0.717) is 28.1 Å². The topological polar surface area (TPSA) is 96.3 Å². The van der Waals surface area contributed by atoms with Crippen LogP contribution in [0, 0.1) is 13.8 Å². The first-order valence-corrected chi connectivity index (χ1v) is 14.5. The predicted octanol–water partition coefficient (Wildman–Crippen LogP) is 6.73. The zero-order chi connectivity index (χ0) is 29.2. The molecule has 0 spiro atoms. The maximum absolute atomic E-state index is 9.85. The van der Waals surface area contributed by atoms with E-state index >= 15 is 0 Å². The second-order valence-electron chi connectivity index (χ2n) is 10.6. The lowest BCUT2D eigenvalue weighted by Crippen LogP contribution is -2.35. The van der Waals surface area contributed by atoms with Crippen LogP contribution in [0.5, 0.6) is 5.88 Å². The maximum atomic E-state index is 9.85. The molecule has 1 aliphatic heterocycles. The van der Waals surface area contributed by atoms with Crippen molar-refractivity contribution in [2.24, 2.45) is 0 Å². The molecule has 0 aliphatic carbocycles. The van der Waals surface area contributed by atoms with Gasteiger partial charge >= 0.3 is 0 Å². The average molecular weight is 581 g/mol. The molecule has 6 rings (SSSR count). The van der Waals surface area contributed by atoms with Crippen molar-refractivity contribution in [2.75, 3.05) is 25.5 Å². The average Bonchev–Trinajstić information content (AvgIpc) is 3.00. The van der Waals surface area contributed by atoms with Gasteiger partial charge in [-0.25, -0.2) is 15.0 Å². The maximum Gasteiger partial charge on any atom is 0.218 e. The summed E-state index contributed by atoms with van der Waals surface area (Å²) in [6, 6.07) is 20.0. The predicted molar refractivity (Wildman–Crippen MR) is 167 cm³/mol. The highest BCUT2D eigenvalue weighted by atomic mass is 35.5. The van der Waals surface area contributed by atoms with Gasteiger partial charge in [0.05, 0.1) is 29.4 Å². The lowest BCUT2D eigenvalue weighted by molar-refractivity contribution is 0.0788. The Morgan fingerprint density at radius 1 is 0.929 bits per heavy atom. The minimum atomic E-state index is -0.202. The van der Waals surface area contributed by atoms with Crippen molar-refractivity contribution in [3.05, 3.63) is 88.8 Å². The smallest absolute Gasteiger partial charge is 0.218 e. The number of halogens is 1. The number of nitrogens with one attached hydrogen (secondary N) is 1. The molecule has 42 heavy (non-hydrogen) atoms. The van der Waals surface area contributed by atoms with Gasteiger partial charge in [-0.3, -0.25) is 9.88 Å². The molecular formula is C33H33ClN6O2. The van der Waals surface area contributed by atoms with E-state index in [1.165, 1.54) is 0 Å². The fraction of sp³-hybridized carbons (Fsp3) is 0.273. The van der Waals surface area contributed by atoms with Crippen LogP contribution in [-0.4, -0.2) is 56.2 Å². The lowest BCUT2D eigenvalue weighted by Gasteiger charge is -2.29. The minimum Gasteiger partial charge on any atom is -0.481 e. The van der Waals surface area contributed by atoms with Crippen molar-refractivity contribution in [1.82, 2.24) is 24.8 Å². The molecule has 8 nitrogen and oxygen atoms in total. The van der Waals surface area contributed by atoms with Crippen molar-refractivity contribution in [2.45, 2.75) is 39.3 Å². The van der Waals surface area contributed by atoms with Crippen LogP contribution >= 0.6 is 11.6 Å². The highest BCUT2D eigenvalue weighted by Gasteiger charge is 2.20. The zero-order valence-corrected chi connectivity index (χ0v) is 24.7. The van der Waals surface area contributed by atoms with Gasteiger partial charge < -0.3 is 15.2 Å². The minimum absolute atomic E-state index is 0.202. The molecule has 0 bridgehead atoms. The zero-order valence-electron chi connectivity index (χ0n) is 23.9. The van der Waals surface area contributed by atoms with E-state index < -0.39 is 0 Å². The number of benzene rings is 2. The van der Waals surface area contributed by atoms with Crippen LogP contribution in [0.4, 0.5) is 11.5 Å². The van der Waals surface area contributed by atoms with E-state index in [0.717, 1.165) is 77.2 Å². The summed E-state index contributed by atoms with van der Waals surface area (Å²) in [5.41, 5.74) is 7.96. The molecule has 0 amide bonds. The van der Waals surface area contributed by atoms with Crippen LogP contribution in [0.1, 0.15) is 29.8 Å². The second-order valence-corrected chi connectivity index (χ2v) is 11.0. The second kappa shape index (κ2) is 12.0. The molecule has 9 heteroatoms. The van der Waals surface area contributed by atoms with Crippen LogP contribution < -0.4 is 10.1 Å². The van der Waals surface area contributed by atoms with Gasteiger partial charge in [0.2, 0.25) is 5.88 Å². The summed E-state index contributed by atoms with van der Waals surface area (Å²) in [4.78, 5) is 20.8. The van der Waals surface area contributed by atoms with E-state index in [4.69, 9.17) is 21.3 Å². The van der Waals surface area contributed by atoms with Crippen LogP contribution in [-0.2, 0) is 6.54 Å². The highest BCUT2D eigenvalue weighted by molar-refractivity contribution is 6.36. The summed E-state index contributed by atoms with van der Waals surface area (Å²) in [5.74, 6) is 1.92. The third-order valence-corrected chi connectivity index (χ3v) is 8.21. The standard InChI is InChI=1S/C33H33ClN6O2/c1-20-24(7-5-10-27(20)38-32-31-29(11-6-16-35-31)36-21(2)37-32)25-8-4-9-26(30(25)34)28-13-12-22(33(39-28)42-3)19-40-17-14-23(41)15-18-40/h4-13,16,23,41H,14-15,17-19H2,1-3H3,(H,36,37,38). The van der Waals surface area contributed by atoms with Gasteiger partial charge in [-0.1, -0.05) is 48.0 Å². The quantitative estimate of drug-likeness (QED) is 0.219. The molecule has 0 atom stereocenters. The van der Waals surface area contributed by atoms with Gasteiger partial charge in [0.1, 0.15) is 11.3 Å². The van der Waals surface area contributed by atoms with E-state index in [1.807, 2.05) is 55.5 Å². The number of hydrogen-bond donors (Lipinski definition) is 2. The number of aliphatic hydroxyl groups is 1. The molecule has 4 heterocycles. The SMILES string of the molecule is COc1nc(-c2cccc(-c3cccc(Nc4nc(C)nc5cccnc45)c3C)c2Cl)ccc1CN1CCC(O)CC1. The highest BCUT2D eigenvalue weighted by Crippen LogP contribution is 2.40. The van der Waals surface area contributed by atoms with Crippen LogP contribution in [0.25, 0.3) is 33.4 Å². The van der Waals surface area contributed by atoms with E-state index in [1.54, 1.807) is 13.3 Å². The number of ether oxygens (including phenoxy) is 1. The molecule has 1 fully saturated rings. The number of pyridine rings is 2. The number of rotatable bonds is 7. The number of nitrogens with zero attached hydrogens (tertiary/aromatic N) is 5. The normalized spacial score (nSPS) is 14.3. The van der Waals surface area contributed by atoms with Crippen LogP contribution in [0.15, 0.2) is 66.9 Å². The third-order valence-electron chi connectivity index (χ3n) is 7.80. The molecule has 214 valence electrons. The van der Waals surface area contributed by atoms with E-state index in [9.17, 15) is 5.11 Å². The number of aliphatic hydroxyl groups excluding tert-OH is 1. The number of fused-ring (bicyclic) bond motifs is 1. The fourth-order valence-electron chi connectivity index (χ4n) is 5.53. The Morgan fingerprint density at radius 3 is 2.50 bits per heavy atom. The first-order chi connectivity index (χ1) is 20.4. The summed E-state index contributed by atoms with van der Waals surface area (Å²) in [5, 5.41) is 14.0. The Morgan fingerprint density at radius 2 is 1.69 bits per heavy atom. The summed E-state index contributed by atoms with van der Waals surface area (Å²) in [6.45, 7) is 6.39. The summed E-state index contributed by atoms with van der Waals surface area (Å²) >= 11 is 7.10. The number of likely N-dealkylation sites (tertiary alicyclic amines) is 1. The fourth-order valence-corrected chi connectivity index (χ4v) is 5.86. The van der Waals surface area contributed by atoms with Crippen LogP contribution in [0.3, 0.4) is 0 Å². The van der Waals surface area contributed by atoms with Crippen molar-refractivity contribution in [3.8, 4) is 28.3 Å². The van der Waals surface area contributed by atoms with Gasteiger partial charge in [-0.05, 0) is 62.1 Å². The first-order valence-electron chi connectivity index (χ1n) is 14.1. The van der Waals surface area contributed by atoms with Gasteiger partial charge in [0, 0.05) is 48.2 Å². The number of aromatic nitrogens is 4. The molecule has 3 aromatic heterocycles. The Labute approximate surface area is 250 Å². The van der Waals surface area contributed by atoms with Gasteiger partial charge in [0.15, 0.2) is 5.82 Å². The number of hydrogen-bond acceptors (Lipinski definition) is 8. The lowest BCUT2D eigenvalue weighted by atomic mass is 9.96. The molecule has 1 saturated heterocycles. The number of aryl methyl sites for hydroxylation is 1. The molecule has 5 aromatic rings. The number of anilines is 2. The molecular weight excluding hydrogens is 548 g/mol. The van der Waals surface area contributed by atoms with Crippen molar-refractivity contribution < 1.29 is 9.84 Å². The Hall–Kier alpha value is -4.11. The van der Waals surface area contributed by atoms with Gasteiger partial charge in [-0.2, -0.15) is 0 Å². The van der Waals surface area contributed by atoms with E-state index in [2.05, 4.69) is 44.2 Å².